The molecule has 0 aliphatic rings. The van der Waals surface area contributed by atoms with Crippen LogP contribution in [0.4, 0.5) is 8.78 Å². The van der Waals surface area contributed by atoms with E-state index in [1.165, 1.54) is 18.1 Å². The Morgan fingerprint density at radius 1 is 1.14 bits per heavy atom. The van der Waals surface area contributed by atoms with E-state index in [1.807, 2.05) is 24.3 Å². The van der Waals surface area contributed by atoms with E-state index in [2.05, 4.69) is 28.8 Å². The molecule has 0 aliphatic carbocycles. The van der Waals surface area contributed by atoms with Crippen molar-refractivity contribution in [2.24, 2.45) is 5.73 Å². The summed E-state index contributed by atoms with van der Waals surface area (Å²) < 4.78 is 32.5. The minimum absolute atomic E-state index is 0.0234. The molecule has 1 atom stereocenters. The van der Waals surface area contributed by atoms with Gasteiger partial charge in [0, 0.05) is 0 Å². The highest BCUT2D eigenvalue weighted by molar-refractivity contribution is 5.85. The molecule has 0 spiro atoms. The smallest absolute Gasteiger partial charge is 0.231 e. The Morgan fingerprint density at radius 2 is 1.72 bits per heavy atom. The Hall–Kier alpha value is -3.29. The number of aromatic nitrogens is 3. The Kier molecular flexibility index (Phi) is 5.91. The average Bonchev–Trinajstić information content (AvgIpc) is 3.09. The summed E-state index contributed by atoms with van der Waals surface area (Å²) in [6, 6.07) is 9.89. The predicted octanol–water partition coefficient (Wildman–Crippen LogP) is 3.35. The van der Waals surface area contributed by atoms with Crippen molar-refractivity contribution in [3.8, 4) is 5.75 Å². The van der Waals surface area contributed by atoms with Crippen LogP contribution in [-0.4, -0.2) is 28.0 Å². The van der Waals surface area contributed by atoms with Gasteiger partial charge in [0.2, 0.25) is 5.91 Å². The summed E-state index contributed by atoms with van der Waals surface area (Å²) >= 11 is 0. The van der Waals surface area contributed by atoms with Crippen molar-refractivity contribution in [2.75, 3.05) is 7.11 Å². The first-order valence-electron chi connectivity index (χ1n) is 9.11. The summed E-state index contributed by atoms with van der Waals surface area (Å²) in [5.74, 6) is -3.03. The molecule has 1 heterocycles. The summed E-state index contributed by atoms with van der Waals surface area (Å²) in [6.45, 7) is 4.18. The number of rotatable bonds is 7. The van der Waals surface area contributed by atoms with E-state index in [9.17, 15) is 13.6 Å². The molecule has 1 amide bonds. The second-order valence-electron chi connectivity index (χ2n) is 7.05. The number of methoxy groups -OCH3 is 1. The molecule has 0 fully saturated rings. The van der Waals surface area contributed by atoms with Crippen LogP contribution in [0.25, 0.3) is 0 Å². The molecule has 2 aromatic carbocycles. The first kappa shape index (κ1) is 20.4. The zero-order valence-electron chi connectivity index (χ0n) is 16.4. The van der Waals surface area contributed by atoms with Crippen LogP contribution in [0.2, 0.25) is 0 Å². The number of benzene rings is 2. The predicted molar refractivity (Wildman–Crippen MR) is 104 cm³/mol. The number of amides is 1. The lowest BCUT2D eigenvalue weighted by Gasteiger charge is -2.13. The van der Waals surface area contributed by atoms with Gasteiger partial charge in [0.05, 0.1) is 25.5 Å². The number of nitrogens with two attached hydrogens (primary N) is 1. The molecule has 0 aliphatic heterocycles. The summed E-state index contributed by atoms with van der Waals surface area (Å²) in [5.41, 5.74) is 8.13. The first-order chi connectivity index (χ1) is 13.8. The van der Waals surface area contributed by atoms with Crippen molar-refractivity contribution in [1.82, 2.24) is 15.0 Å². The lowest BCUT2D eigenvalue weighted by atomic mass is 9.93. The van der Waals surface area contributed by atoms with Gasteiger partial charge in [-0.15, -0.1) is 0 Å². The van der Waals surface area contributed by atoms with Gasteiger partial charge in [-0.2, -0.15) is 15.0 Å². The van der Waals surface area contributed by atoms with Gasteiger partial charge in [-0.25, -0.2) is 8.78 Å². The van der Waals surface area contributed by atoms with Gasteiger partial charge in [-0.1, -0.05) is 38.1 Å². The van der Waals surface area contributed by atoms with Crippen LogP contribution >= 0.6 is 0 Å². The fourth-order valence-electron chi connectivity index (χ4n) is 3.14. The van der Waals surface area contributed by atoms with Crippen LogP contribution in [0.15, 0.2) is 42.6 Å². The molecule has 1 unspecified atom stereocenters. The number of ether oxygens (including phenoxy) is 1. The summed E-state index contributed by atoms with van der Waals surface area (Å²) in [5, 5.41) is 8.40. The molecule has 3 aromatic rings. The second kappa shape index (κ2) is 8.38. The second-order valence-corrected chi connectivity index (χ2v) is 7.05. The Labute approximate surface area is 167 Å². The monoisotopic (exact) mass is 400 g/mol. The summed E-state index contributed by atoms with van der Waals surface area (Å²) in [4.78, 5) is 13.3. The highest BCUT2D eigenvalue weighted by Gasteiger charge is 2.24. The number of carbonyl (C=O) groups excluding carboxylic acids is 1. The SMILES string of the molecule is COc1c(F)cc(Cn2ncc(C(C(N)=O)c3ccc(C(C)C)cc3)n2)cc1F. The van der Waals surface area contributed by atoms with Gasteiger partial charge in [0.1, 0.15) is 5.92 Å². The van der Waals surface area contributed by atoms with Gasteiger partial charge in [-0.05, 0) is 34.7 Å². The van der Waals surface area contributed by atoms with Crippen LogP contribution in [0.1, 0.15) is 48.1 Å². The Balaban J connectivity index is 1.86. The standard InChI is InChI=1S/C21H22F2N4O2/c1-12(2)14-4-6-15(7-5-14)19(21(24)28)18-10-25-27(26-18)11-13-8-16(22)20(29-3)17(23)9-13/h4-10,12,19H,11H2,1-3H3,(H2,24,28). The maximum atomic E-state index is 13.9. The minimum atomic E-state index is -0.810. The Bertz CT molecular complexity index is 993. The van der Waals surface area contributed by atoms with E-state index in [0.717, 1.165) is 17.7 Å². The van der Waals surface area contributed by atoms with Crippen molar-refractivity contribution in [2.45, 2.75) is 32.2 Å². The van der Waals surface area contributed by atoms with E-state index in [-0.39, 0.29) is 6.54 Å². The van der Waals surface area contributed by atoms with E-state index < -0.39 is 29.2 Å². The third kappa shape index (κ3) is 4.42. The maximum Gasteiger partial charge on any atom is 0.231 e. The molecular weight excluding hydrogens is 378 g/mol. The van der Waals surface area contributed by atoms with Crippen LogP contribution in [0.5, 0.6) is 5.75 Å². The zero-order valence-corrected chi connectivity index (χ0v) is 16.4. The number of hydrogen-bond donors (Lipinski definition) is 1. The molecular formula is C21H22F2N4O2. The molecule has 8 heteroatoms. The van der Waals surface area contributed by atoms with Crippen molar-refractivity contribution in [3.05, 3.63) is 76.6 Å². The molecule has 0 saturated heterocycles. The van der Waals surface area contributed by atoms with Crippen LogP contribution in [-0.2, 0) is 11.3 Å². The van der Waals surface area contributed by atoms with Gasteiger partial charge in [0.25, 0.3) is 0 Å². The van der Waals surface area contributed by atoms with Crippen LogP contribution in [0, 0.1) is 11.6 Å². The minimum Gasteiger partial charge on any atom is -0.491 e. The molecule has 152 valence electrons. The van der Waals surface area contributed by atoms with E-state index in [1.54, 1.807) is 0 Å². The first-order valence-corrected chi connectivity index (χ1v) is 9.11. The van der Waals surface area contributed by atoms with Gasteiger partial charge >= 0.3 is 0 Å². The van der Waals surface area contributed by atoms with Gasteiger partial charge in [-0.3, -0.25) is 4.79 Å². The normalized spacial score (nSPS) is 12.2. The van der Waals surface area contributed by atoms with E-state index >= 15 is 0 Å². The molecule has 0 saturated carbocycles. The van der Waals surface area contributed by atoms with Crippen molar-refractivity contribution in [1.29, 1.82) is 0 Å². The number of carbonyl (C=O) groups is 1. The van der Waals surface area contributed by atoms with Gasteiger partial charge < -0.3 is 10.5 Å². The lowest BCUT2D eigenvalue weighted by molar-refractivity contribution is -0.118. The molecule has 29 heavy (non-hydrogen) atoms. The molecule has 0 radical (unpaired) electrons. The molecule has 6 nitrogen and oxygen atoms in total. The average molecular weight is 400 g/mol. The largest absolute Gasteiger partial charge is 0.491 e. The van der Waals surface area contributed by atoms with Crippen molar-refractivity contribution in [3.63, 3.8) is 0 Å². The highest BCUT2D eigenvalue weighted by atomic mass is 19.1. The zero-order chi connectivity index (χ0) is 21.1. The third-order valence-electron chi connectivity index (χ3n) is 4.66. The fourth-order valence-corrected chi connectivity index (χ4v) is 3.14. The number of hydrogen-bond acceptors (Lipinski definition) is 4. The number of nitrogens with zero attached hydrogens (tertiary/aromatic N) is 3. The highest BCUT2D eigenvalue weighted by Crippen LogP contribution is 2.26. The van der Waals surface area contributed by atoms with Crippen LogP contribution in [0.3, 0.4) is 0 Å². The lowest BCUT2D eigenvalue weighted by Crippen LogP contribution is -2.23. The summed E-state index contributed by atoms with van der Waals surface area (Å²) in [7, 11) is 1.19. The fraction of sp³-hybridized carbons (Fsp3) is 0.286. The van der Waals surface area contributed by atoms with Gasteiger partial charge in [0.15, 0.2) is 17.4 Å². The molecule has 1 aromatic heterocycles. The van der Waals surface area contributed by atoms with Crippen molar-refractivity contribution >= 4 is 5.91 Å². The maximum absolute atomic E-state index is 13.9. The molecule has 0 bridgehead atoms. The Morgan fingerprint density at radius 3 is 2.24 bits per heavy atom. The van der Waals surface area contributed by atoms with Crippen LogP contribution < -0.4 is 10.5 Å². The topological polar surface area (TPSA) is 83.0 Å². The molecule has 2 N–H and O–H groups in total. The van der Waals surface area contributed by atoms with Crippen molar-refractivity contribution < 1.29 is 18.3 Å². The number of halogens is 2. The number of primary amides is 1. The summed E-state index contributed by atoms with van der Waals surface area (Å²) in [6.07, 6.45) is 1.43. The van der Waals surface area contributed by atoms with E-state index in [4.69, 9.17) is 5.73 Å². The quantitative estimate of drug-likeness (QED) is 0.659. The van der Waals surface area contributed by atoms with E-state index in [0.29, 0.717) is 22.7 Å². The molecule has 3 rings (SSSR count). The third-order valence-corrected chi connectivity index (χ3v) is 4.66.